The largest absolute Gasteiger partial charge is 0.383 e. The van der Waals surface area contributed by atoms with E-state index in [9.17, 15) is 0 Å². The predicted octanol–water partition coefficient (Wildman–Crippen LogP) is 1.93. The highest BCUT2D eigenvalue weighted by Gasteiger charge is 1.98. The average molecular weight is 217 g/mol. The molecule has 0 saturated heterocycles. The number of benzene rings is 1. The summed E-state index contributed by atoms with van der Waals surface area (Å²) >= 11 is 0. The Kier molecular flexibility index (Phi) is 3.56. The molecule has 0 aliphatic carbocycles. The fourth-order valence-corrected chi connectivity index (χ4v) is 1.43. The minimum Gasteiger partial charge on any atom is -0.383 e. The molecule has 0 fully saturated rings. The van der Waals surface area contributed by atoms with Crippen LogP contribution in [-0.2, 0) is 4.74 Å². The number of methoxy groups -OCH3 is 1. The van der Waals surface area contributed by atoms with Crippen molar-refractivity contribution in [2.75, 3.05) is 25.6 Å². The van der Waals surface area contributed by atoms with Crippen LogP contribution >= 0.6 is 0 Å². The van der Waals surface area contributed by atoms with Crippen LogP contribution in [0.2, 0.25) is 0 Å². The minimum atomic E-state index is 0.691. The Balaban J connectivity index is 2.02. The van der Waals surface area contributed by atoms with E-state index in [-0.39, 0.29) is 0 Å². The first-order valence-corrected chi connectivity index (χ1v) is 5.23. The summed E-state index contributed by atoms with van der Waals surface area (Å²) in [5.41, 5.74) is 2.06. The zero-order valence-electron chi connectivity index (χ0n) is 9.26. The number of anilines is 1. The quantitative estimate of drug-likeness (QED) is 0.778. The number of ether oxygens (including phenoxy) is 1. The van der Waals surface area contributed by atoms with Gasteiger partial charge in [-0.15, -0.1) is 0 Å². The van der Waals surface area contributed by atoms with Crippen molar-refractivity contribution in [3.05, 3.63) is 42.7 Å². The van der Waals surface area contributed by atoms with Gasteiger partial charge in [0, 0.05) is 13.7 Å². The van der Waals surface area contributed by atoms with Crippen LogP contribution in [0.5, 0.6) is 0 Å². The third-order valence-electron chi connectivity index (χ3n) is 2.24. The topological polar surface area (TPSA) is 39.1 Å². The summed E-state index contributed by atoms with van der Waals surface area (Å²) in [6.07, 6.45) is 3.77. The van der Waals surface area contributed by atoms with Crippen LogP contribution in [0.3, 0.4) is 0 Å². The van der Waals surface area contributed by atoms with Crippen molar-refractivity contribution in [3.63, 3.8) is 0 Å². The average Bonchev–Trinajstić information content (AvgIpc) is 2.79. The van der Waals surface area contributed by atoms with Gasteiger partial charge >= 0.3 is 0 Å². The lowest BCUT2D eigenvalue weighted by atomic mass is 10.3. The Labute approximate surface area is 94.9 Å². The molecule has 2 rings (SSSR count). The van der Waals surface area contributed by atoms with Crippen LogP contribution in [-0.4, -0.2) is 30.0 Å². The molecule has 0 spiro atoms. The summed E-state index contributed by atoms with van der Waals surface area (Å²) < 4.78 is 6.81. The smallest absolute Gasteiger partial charge is 0.0732 e. The number of hydrogen-bond donors (Lipinski definition) is 1. The first-order chi connectivity index (χ1) is 7.90. The summed E-state index contributed by atoms with van der Waals surface area (Å²) in [5.74, 6) is 0. The number of nitrogens with zero attached hydrogens (tertiary/aromatic N) is 2. The molecule has 2 aromatic rings. The molecule has 0 amide bonds. The van der Waals surface area contributed by atoms with Crippen molar-refractivity contribution >= 4 is 5.69 Å². The Morgan fingerprint density at radius 2 is 2.12 bits per heavy atom. The Bertz CT molecular complexity index is 425. The van der Waals surface area contributed by atoms with Gasteiger partial charge in [0.25, 0.3) is 0 Å². The summed E-state index contributed by atoms with van der Waals surface area (Å²) in [6.45, 7) is 1.48. The van der Waals surface area contributed by atoms with Gasteiger partial charge in [0.1, 0.15) is 0 Å². The first-order valence-electron chi connectivity index (χ1n) is 5.23. The van der Waals surface area contributed by atoms with Crippen molar-refractivity contribution in [1.82, 2.24) is 9.78 Å². The van der Waals surface area contributed by atoms with Gasteiger partial charge in [-0.25, -0.2) is 4.68 Å². The monoisotopic (exact) mass is 217 g/mol. The molecule has 1 aromatic carbocycles. The van der Waals surface area contributed by atoms with Crippen molar-refractivity contribution in [1.29, 1.82) is 0 Å². The molecule has 84 valence electrons. The molecule has 4 heteroatoms. The number of hydrogen-bond acceptors (Lipinski definition) is 3. The van der Waals surface area contributed by atoms with Gasteiger partial charge < -0.3 is 10.1 Å². The molecule has 0 atom stereocenters. The van der Waals surface area contributed by atoms with Crippen molar-refractivity contribution < 1.29 is 4.74 Å². The minimum absolute atomic E-state index is 0.691. The zero-order chi connectivity index (χ0) is 11.2. The number of rotatable bonds is 5. The van der Waals surface area contributed by atoms with Gasteiger partial charge in [0.15, 0.2) is 0 Å². The van der Waals surface area contributed by atoms with E-state index in [0.29, 0.717) is 6.61 Å². The molecule has 0 saturated carbocycles. The molecule has 1 aromatic heterocycles. The van der Waals surface area contributed by atoms with Crippen molar-refractivity contribution in [2.24, 2.45) is 0 Å². The fraction of sp³-hybridized carbons (Fsp3) is 0.250. The van der Waals surface area contributed by atoms with Crippen molar-refractivity contribution in [2.45, 2.75) is 0 Å². The lowest BCUT2D eigenvalue weighted by Gasteiger charge is -2.01. The molecule has 1 heterocycles. The molecular formula is C12H15N3O. The van der Waals surface area contributed by atoms with Gasteiger partial charge in [-0.2, -0.15) is 5.10 Å². The highest BCUT2D eigenvalue weighted by molar-refractivity contribution is 5.42. The molecular weight excluding hydrogens is 202 g/mol. The SMILES string of the molecule is COCCNc1cnn(-c2ccccc2)c1. The summed E-state index contributed by atoms with van der Waals surface area (Å²) in [4.78, 5) is 0. The molecule has 0 aliphatic heterocycles. The maximum atomic E-state index is 4.97. The maximum absolute atomic E-state index is 4.97. The summed E-state index contributed by atoms with van der Waals surface area (Å²) in [7, 11) is 1.69. The van der Waals surface area contributed by atoms with Crippen LogP contribution in [0.25, 0.3) is 5.69 Å². The lowest BCUT2D eigenvalue weighted by molar-refractivity contribution is 0.211. The first kappa shape index (κ1) is 10.7. The number of nitrogens with one attached hydrogen (secondary N) is 1. The van der Waals surface area contributed by atoms with Crippen molar-refractivity contribution in [3.8, 4) is 5.69 Å². The van der Waals surface area contributed by atoms with E-state index in [1.807, 2.05) is 47.4 Å². The Morgan fingerprint density at radius 3 is 2.88 bits per heavy atom. The van der Waals surface area contributed by atoms with Crippen LogP contribution in [0.1, 0.15) is 0 Å². The number of aromatic nitrogens is 2. The van der Waals surface area contributed by atoms with Gasteiger partial charge in [0.05, 0.1) is 30.4 Å². The normalized spacial score (nSPS) is 10.3. The summed E-state index contributed by atoms with van der Waals surface area (Å²) in [6, 6.07) is 10.0. The molecule has 0 unspecified atom stereocenters. The second-order valence-corrected chi connectivity index (χ2v) is 3.43. The molecule has 1 N–H and O–H groups in total. The predicted molar refractivity (Wildman–Crippen MR) is 63.9 cm³/mol. The van der Waals surface area contributed by atoms with E-state index in [2.05, 4.69) is 10.4 Å². The van der Waals surface area contributed by atoms with E-state index >= 15 is 0 Å². The second kappa shape index (κ2) is 5.32. The highest BCUT2D eigenvalue weighted by atomic mass is 16.5. The second-order valence-electron chi connectivity index (χ2n) is 3.43. The third-order valence-corrected chi connectivity index (χ3v) is 2.24. The standard InChI is InChI=1S/C12H15N3O/c1-16-8-7-13-11-9-14-15(10-11)12-5-3-2-4-6-12/h2-6,9-10,13H,7-8H2,1H3. The van der Waals surface area contributed by atoms with Gasteiger partial charge in [-0.1, -0.05) is 18.2 Å². The number of para-hydroxylation sites is 1. The molecule has 4 nitrogen and oxygen atoms in total. The van der Waals surface area contributed by atoms with Gasteiger partial charge in [-0.3, -0.25) is 0 Å². The van der Waals surface area contributed by atoms with E-state index in [4.69, 9.17) is 4.74 Å². The molecule has 0 bridgehead atoms. The van der Waals surface area contributed by atoms with Gasteiger partial charge in [-0.05, 0) is 12.1 Å². The van der Waals surface area contributed by atoms with Crippen LogP contribution < -0.4 is 5.32 Å². The molecule has 0 aliphatic rings. The van der Waals surface area contributed by atoms with Crippen LogP contribution in [0.15, 0.2) is 42.7 Å². The summed E-state index contributed by atoms with van der Waals surface area (Å²) in [5, 5.41) is 7.51. The van der Waals surface area contributed by atoms with E-state index in [1.165, 1.54) is 0 Å². The van der Waals surface area contributed by atoms with E-state index in [0.717, 1.165) is 17.9 Å². The third kappa shape index (κ3) is 2.61. The van der Waals surface area contributed by atoms with Gasteiger partial charge in [0.2, 0.25) is 0 Å². The van der Waals surface area contributed by atoms with Crippen LogP contribution in [0, 0.1) is 0 Å². The van der Waals surface area contributed by atoms with Crippen LogP contribution in [0.4, 0.5) is 5.69 Å². The Hall–Kier alpha value is -1.81. The lowest BCUT2D eigenvalue weighted by Crippen LogP contribution is -2.06. The van der Waals surface area contributed by atoms with E-state index < -0.39 is 0 Å². The fourth-order valence-electron chi connectivity index (χ4n) is 1.43. The van der Waals surface area contributed by atoms with E-state index in [1.54, 1.807) is 7.11 Å². The Morgan fingerprint density at radius 1 is 1.31 bits per heavy atom. The molecule has 0 radical (unpaired) electrons. The molecule has 16 heavy (non-hydrogen) atoms. The highest BCUT2D eigenvalue weighted by Crippen LogP contribution is 2.10. The zero-order valence-corrected chi connectivity index (χ0v) is 9.26. The maximum Gasteiger partial charge on any atom is 0.0732 e.